The Morgan fingerprint density at radius 2 is 1.87 bits per heavy atom. The van der Waals surface area contributed by atoms with E-state index >= 15 is 0 Å². The van der Waals surface area contributed by atoms with Crippen LogP contribution in [0.1, 0.15) is 12.0 Å². The number of aromatic amines is 1. The van der Waals surface area contributed by atoms with Gasteiger partial charge in [-0.3, -0.25) is 19.2 Å². The number of H-pyrrole nitrogens is 1. The molecule has 0 aliphatic rings. The second-order valence-corrected chi connectivity index (χ2v) is 7.83. The monoisotopic (exact) mass is 449 g/mol. The van der Waals surface area contributed by atoms with Crippen molar-refractivity contribution in [2.45, 2.75) is 24.9 Å². The number of hydrogen-bond donors (Lipinski definition) is 6. The first-order valence-electron chi connectivity index (χ1n) is 9.69. The molecule has 0 spiro atoms. The molecule has 1 aromatic carbocycles. The van der Waals surface area contributed by atoms with Gasteiger partial charge in [0.05, 0.1) is 6.54 Å². The van der Waals surface area contributed by atoms with Crippen LogP contribution in [0, 0.1) is 0 Å². The Morgan fingerprint density at radius 3 is 2.55 bits per heavy atom. The number of nitrogens with two attached hydrogens (primary N) is 1. The zero-order chi connectivity index (χ0) is 22.8. The quantitative estimate of drug-likeness (QED) is 0.256. The molecule has 3 amide bonds. The Morgan fingerprint density at radius 1 is 1.13 bits per heavy atom. The number of nitrogens with one attached hydrogen (secondary N) is 4. The van der Waals surface area contributed by atoms with Crippen LogP contribution in [0.25, 0.3) is 10.9 Å². The number of fused-ring (bicyclic) bond motifs is 1. The zero-order valence-electron chi connectivity index (χ0n) is 17.1. The normalized spacial score (nSPS) is 12.7. The smallest absolute Gasteiger partial charge is 0.322 e. The average Bonchev–Trinajstić information content (AvgIpc) is 3.17. The van der Waals surface area contributed by atoms with Gasteiger partial charge >= 0.3 is 5.97 Å². The number of carbonyl (C=O) groups excluding carboxylic acids is 3. The third-order valence-corrected chi connectivity index (χ3v) is 5.24. The Bertz CT molecular complexity index is 932. The summed E-state index contributed by atoms with van der Waals surface area (Å²) in [6.45, 7) is -0.834. The van der Waals surface area contributed by atoms with Gasteiger partial charge in [0.1, 0.15) is 18.6 Å². The van der Waals surface area contributed by atoms with Crippen molar-refractivity contribution in [2.75, 3.05) is 25.1 Å². The molecule has 2 rings (SSSR count). The Balaban J connectivity index is 2.18. The molecular formula is C20H27N5O5S. The molecule has 2 atom stereocenters. The van der Waals surface area contributed by atoms with Crippen LogP contribution in [0.3, 0.4) is 0 Å². The molecule has 10 nitrogen and oxygen atoms in total. The summed E-state index contributed by atoms with van der Waals surface area (Å²) >= 11 is 1.49. The lowest BCUT2D eigenvalue weighted by atomic mass is 10.0. The molecule has 0 fully saturated rings. The van der Waals surface area contributed by atoms with Gasteiger partial charge in [0, 0.05) is 23.5 Å². The summed E-state index contributed by atoms with van der Waals surface area (Å²) < 4.78 is 0. The standard InChI is InChI=1S/C20H27N5O5S/c1-31-7-6-15(19(29)23-11-18(27)28)25-20(30)16(24-17(26)9-21)8-12-10-22-14-5-3-2-4-13(12)14/h2-5,10,15-16,22H,6-9,11,21H2,1H3,(H,23,29)(H,24,26)(H,25,30)(H,27,28). The van der Waals surface area contributed by atoms with Crippen LogP contribution in [-0.2, 0) is 25.6 Å². The summed E-state index contributed by atoms with van der Waals surface area (Å²) in [5.41, 5.74) is 7.11. The Hall–Kier alpha value is -3.05. The summed E-state index contributed by atoms with van der Waals surface area (Å²) in [5.74, 6) is -2.26. The van der Waals surface area contributed by atoms with E-state index in [9.17, 15) is 19.2 Å². The lowest BCUT2D eigenvalue weighted by molar-refractivity contribution is -0.138. The number of hydrogen-bond acceptors (Lipinski definition) is 6. The molecule has 7 N–H and O–H groups in total. The number of carboxylic acids is 1. The third kappa shape index (κ3) is 7.30. The lowest BCUT2D eigenvalue weighted by Gasteiger charge is -2.23. The predicted molar refractivity (Wildman–Crippen MR) is 119 cm³/mol. The molecule has 31 heavy (non-hydrogen) atoms. The van der Waals surface area contributed by atoms with Crippen molar-refractivity contribution >= 4 is 46.4 Å². The van der Waals surface area contributed by atoms with Gasteiger partial charge in [-0.15, -0.1) is 0 Å². The van der Waals surface area contributed by atoms with E-state index in [0.29, 0.717) is 12.2 Å². The van der Waals surface area contributed by atoms with Crippen LogP contribution in [-0.4, -0.2) is 71.0 Å². The largest absolute Gasteiger partial charge is 0.480 e. The predicted octanol–water partition coefficient (Wildman–Crippen LogP) is -0.407. The first-order chi connectivity index (χ1) is 14.8. The SMILES string of the molecule is CSCCC(NC(=O)C(Cc1c[nH]c2ccccc12)NC(=O)CN)C(=O)NCC(=O)O. The molecule has 1 aromatic heterocycles. The van der Waals surface area contributed by atoms with Gasteiger partial charge in [0.25, 0.3) is 0 Å². The number of para-hydroxylation sites is 1. The van der Waals surface area contributed by atoms with Crippen molar-refractivity contribution in [3.05, 3.63) is 36.0 Å². The van der Waals surface area contributed by atoms with Crippen molar-refractivity contribution in [1.82, 2.24) is 20.9 Å². The van der Waals surface area contributed by atoms with Gasteiger partial charge in [-0.1, -0.05) is 18.2 Å². The number of benzene rings is 1. The van der Waals surface area contributed by atoms with E-state index in [0.717, 1.165) is 16.5 Å². The van der Waals surface area contributed by atoms with Crippen LogP contribution >= 0.6 is 11.8 Å². The molecule has 0 saturated heterocycles. The van der Waals surface area contributed by atoms with Crippen molar-refractivity contribution in [3.63, 3.8) is 0 Å². The second kappa shape index (κ2) is 12.0. The van der Waals surface area contributed by atoms with E-state index in [1.165, 1.54) is 11.8 Å². The van der Waals surface area contributed by atoms with Crippen LogP contribution < -0.4 is 21.7 Å². The maximum absolute atomic E-state index is 13.0. The molecular weight excluding hydrogens is 422 g/mol. The van der Waals surface area contributed by atoms with Gasteiger partial charge in [0.15, 0.2) is 0 Å². The maximum atomic E-state index is 13.0. The topological polar surface area (TPSA) is 166 Å². The summed E-state index contributed by atoms with van der Waals surface area (Å²) in [4.78, 5) is 51.1. The highest BCUT2D eigenvalue weighted by Gasteiger charge is 2.27. The van der Waals surface area contributed by atoms with E-state index in [4.69, 9.17) is 10.8 Å². The number of aromatic nitrogens is 1. The second-order valence-electron chi connectivity index (χ2n) is 6.84. The van der Waals surface area contributed by atoms with E-state index in [2.05, 4.69) is 20.9 Å². The number of rotatable bonds is 12. The van der Waals surface area contributed by atoms with E-state index < -0.39 is 42.3 Å². The van der Waals surface area contributed by atoms with Gasteiger partial charge in [-0.05, 0) is 30.1 Å². The molecule has 1 heterocycles. The van der Waals surface area contributed by atoms with Crippen LogP contribution in [0.4, 0.5) is 0 Å². The first kappa shape index (κ1) is 24.2. The van der Waals surface area contributed by atoms with Crippen molar-refractivity contribution in [3.8, 4) is 0 Å². The molecule has 0 radical (unpaired) electrons. The fraction of sp³-hybridized carbons (Fsp3) is 0.400. The minimum atomic E-state index is -1.18. The lowest BCUT2D eigenvalue weighted by Crippen LogP contribution is -2.55. The average molecular weight is 450 g/mol. The molecule has 0 bridgehead atoms. The van der Waals surface area contributed by atoms with E-state index in [1.54, 1.807) is 6.20 Å². The fourth-order valence-corrected chi connectivity index (χ4v) is 3.52. The van der Waals surface area contributed by atoms with Gasteiger partial charge in [-0.25, -0.2) is 0 Å². The van der Waals surface area contributed by atoms with Crippen molar-refractivity contribution < 1.29 is 24.3 Å². The number of carboxylic acid groups (broad SMARTS) is 1. The molecule has 0 saturated carbocycles. The van der Waals surface area contributed by atoms with Crippen molar-refractivity contribution in [1.29, 1.82) is 0 Å². The van der Waals surface area contributed by atoms with Gasteiger partial charge in [0.2, 0.25) is 17.7 Å². The maximum Gasteiger partial charge on any atom is 0.322 e. The minimum absolute atomic E-state index is 0.188. The van der Waals surface area contributed by atoms with E-state index in [1.807, 2.05) is 30.5 Å². The number of aliphatic carboxylic acids is 1. The highest BCUT2D eigenvalue weighted by molar-refractivity contribution is 7.98. The molecule has 168 valence electrons. The third-order valence-electron chi connectivity index (χ3n) is 4.59. The summed E-state index contributed by atoms with van der Waals surface area (Å²) in [6.07, 6.45) is 4.12. The van der Waals surface area contributed by atoms with Crippen LogP contribution in [0.5, 0.6) is 0 Å². The summed E-state index contributed by atoms with van der Waals surface area (Å²) in [5, 5.41) is 17.2. The number of thioether (sulfide) groups is 1. The van der Waals surface area contributed by atoms with Crippen molar-refractivity contribution in [2.24, 2.45) is 5.73 Å². The number of carbonyl (C=O) groups is 4. The Kier molecular flexibility index (Phi) is 9.35. The zero-order valence-corrected chi connectivity index (χ0v) is 18.0. The molecule has 0 aliphatic heterocycles. The highest BCUT2D eigenvalue weighted by Crippen LogP contribution is 2.19. The van der Waals surface area contributed by atoms with E-state index in [-0.39, 0.29) is 13.0 Å². The molecule has 2 aromatic rings. The fourth-order valence-electron chi connectivity index (χ4n) is 3.05. The molecule has 2 unspecified atom stereocenters. The summed E-state index contributed by atoms with van der Waals surface area (Å²) in [6, 6.07) is 5.67. The van der Waals surface area contributed by atoms with Gasteiger partial charge < -0.3 is 31.8 Å². The van der Waals surface area contributed by atoms with Gasteiger partial charge in [-0.2, -0.15) is 11.8 Å². The molecule has 0 aliphatic carbocycles. The Labute approximate surface area is 183 Å². The van der Waals surface area contributed by atoms with Crippen LogP contribution in [0.15, 0.2) is 30.5 Å². The summed E-state index contributed by atoms with van der Waals surface area (Å²) in [7, 11) is 0. The van der Waals surface area contributed by atoms with Crippen LogP contribution in [0.2, 0.25) is 0 Å². The first-order valence-corrected chi connectivity index (χ1v) is 11.1. The minimum Gasteiger partial charge on any atom is -0.480 e. The number of amides is 3. The highest BCUT2D eigenvalue weighted by atomic mass is 32.2. The molecule has 11 heteroatoms.